The van der Waals surface area contributed by atoms with Crippen LogP contribution in [0, 0.1) is 0 Å². The lowest BCUT2D eigenvalue weighted by Gasteiger charge is -2.15. The van der Waals surface area contributed by atoms with E-state index in [1.807, 2.05) is 6.07 Å². The van der Waals surface area contributed by atoms with Gasteiger partial charge >= 0.3 is 6.18 Å². The smallest absolute Gasteiger partial charge is 0.310 e. The Labute approximate surface area is 189 Å². The van der Waals surface area contributed by atoms with E-state index in [-0.39, 0.29) is 12.4 Å². The summed E-state index contributed by atoms with van der Waals surface area (Å²) in [4.78, 5) is 12.4. The number of carbonyl (C=O) groups excluding carboxylic acids is 1. The minimum atomic E-state index is -4.42. The van der Waals surface area contributed by atoms with Gasteiger partial charge in [-0.15, -0.1) is 0 Å². The average molecular weight is 478 g/mol. The monoisotopic (exact) mass is 478 g/mol. The van der Waals surface area contributed by atoms with Crippen molar-refractivity contribution >= 4 is 27.8 Å². The first-order chi connectivity index (χ1) is 15.5. The lowest BCUT2D eigenvalue weighted by molar-refractivity contribution is -0.137. The van der Waals surface area contributed by atoms with Crippen LogP contribution in [-0.4, -0.2) is 42.0 Å². The fraction of sp³-hybridized carbons (Fsp3) is 0.182. The molecule has 1 aromatic heterocycles. The number of alkyl halides is 3. The van der Waals surface area contributed by atoms with Crippen molar-refractivity contribution in [2.45, 2.75) is 12.7 Å². The van der Waals surface area contributed by atoms with Crippen LogP contribution in [0.1, 0.15) is 16.7 Å². The molecule has 33 heavy (non-hydrogen) atoms. The van der Waals surface area contributed by atoms with Crippen molar-refractivity contribution in [3.63, 3.8) is 0 Å². The molecule has 3 rings (SSSR count). The summed E-state index contributed by atoms with van der Waals surface area (Å²) in [6.45, 7) is -0.318. The zero-order valence-corrected chi connectivity index (χ0v) is 18.3. The van der Waals surface area contributed by atoms with Gasteiger partial charge in [0.1, 0.15) is 5.82 Å². The second-order valence-electron chi connectivity index (χ2n) is 7.13. The van der Waals surface area contributed by atoms with Crippen molar-refractivity contribution < 1.29 is 26.4 Å². The van der Waals surface area contributed by atoms with E-state index < -0.39 is 34.2 Å². The minimum Gasteiger partial charge on any atom is -0.310 e. The normalized spacial score (nSPS) is 12.4. The van der Waals surface area contributed by atoms with Crippen molar-refractivity contribution in [1.82, 2.24) is 14.1 Å². The largest absolute Gasteiger partial charge is 0.416 e. The molecule has 0 bridgehead atoms. The molecule has 0 aliphatic rings. The Bertz CT molecular complexity index is 1220. The Morgan fingerprint density at radius 1 is 1.09 bits per heavy atom. The maximum absolute atomic E-state index is 12.7. The second-order valence-corrected chi connectivity index (χ2v) is 9.06. The zero-order valence-electron chi connectivity index (χ0n) is 17.5. The van der Waals surface area contributed by atoms with E-state index in [1.165, 1.54) is 42.2 Å². The summed E-state index contributed by atoms with van der Waals surface area (Å²) in [5.41, 5.74) is 0.491. The lowest BCUT2D eigenvalue weighted by Crippen LogP contribution is -2.34. The second kappa shape index (κ2) is 10.0. The Morgan fingerprint density at radius 2 is 1.76 bits per heavy atom. The molecule has 3 aromatic rings. The van der Waals surface area contributed by atoms with Crippen LogP contribution in [0.4, 0.5) is 19.0 Å². The summed E-state index contributed by atoms with van der Waals surface area (Å²) in [6, 6.07) is 15.0. The van der Waals surface area contributed by atoms with Gasteiger partial charge in [-0.05, 0) is 29.3 Å². The number of benzene rings is 2. The fourth-order valence-corrected chi connectivity index (χ4v) is 3.68. The Morgan fingerprint density at radius 3 is 2.39 bits per heavy atom. The Balaban J connectivity index is 1.61. The first-order valence-corrected chi connectivity index (χ1v) is 11.2. The highest BCUT2D eigenvalue weighted by Gasteiger charge is 2.30. The van der Waals surface area contributed by atoms with Crippen molar-refractivity contribution in [3.05, 3.63) is 89.0 Å². The van der Waals surface area contributed by atoms with E-state index in [0.29, 0.717) is 11.1 Å². The third-order valence-electron chi connectivity index (χ3n) is 4.63. The van der Waals surface area contributed by atoms with Gasteiger partial charge in [0.15, 0.2) is 0 Å². The van der Waals surface area contributed by atoms with E-state index >= 15 is 0 Å². The quantitative estimate of drug-likeness (QED) is 0.534. The van der Waals surface area contributed by atoms with Crippen LogP contribution in [0.15, 0.2) is 72.3 Å². The fourth-order valence-electron chi connectivity index (χ4n) is 2.84. The molecule has 0 unspecified atom stereocenters. The zero-order chi connectivity index (χ0) is 24.1. The van der Waals surface area contributed by atoms with Crippen LogP contribution in [0.5, 0.6) is 0 Å². The Kier molecular flexibility index (Phi) is 7.34. The third kappa shape index (κ3) is 6.77. The van der Waals surface area contributed by atoms with Crippen LogP contribution in [-0.2, 0) is 27.5 Å². The number of amides is 1. The van der Waals surface area contributed by atoms with Crippen LogP contribution in [0.3, 0.4) is 0 Å². The highest BCUT2D eigenvalue weighted by atomic mass is 32.2. The van der Waals surface area contributed by atoms with Gasteiger partial charge in [0.2, 0.25) is 15.9 Å². The van der Waals surface area contributed by atoms with Crippen LogP contribution in [0.2, 0.25) is 0 Å². The summed E-state index contributed by atoms with van der Waals surface area (Å²) in [5.74, 6) is -0.311. The molecule has 7 nitrogen and oxygen atoms in total. The van der Waals surface area contributed by atoms with E-state index in [0.717, 1.165) is 21.8 Å². The maximum Gasteiger partial charge on any atom is 0.416 e. The number of hydrogen-bond donors (Lipinski definition) is 1. The van der Waals surface area contributed by atoms with E-state index in [1.54, 1.807) is 24.3 Å². The van der Waals surface area contributed by atoms with E-state index in [9.17, 15) is 26.4 Å². The molecule has 0 saturated carbocycles. The minimum absolute atomic E-state index is 0.120. The predicted molar refractivity (Wildman–Crippen MR) is 118 cm³/mol. The molecule has 174 valence electrons. The number of sulfonamides is 1. The number of hydrogen-bond acceptors (Lipinski definition) is 4. The average Bonchev–Trinajstić information content (AvgIpc) is 3.19. The van der Waals surface area contributed by atoms with Gasteiger partial charge in [-0.2, -0.15) is 22.6 Å². The summed E-state index contributed by atoms with van der Waals surface area (Å²) < 4.78 is 65.2. The first-order valence-electron chi connectivity index (χ1n) is 9.72. The van der Waals surface area contributed by atoms with Gasteiger partial charge in [-0.3, -0.25) is 4.79 Å². The van der Waals surface area contributed by atoms with Gasteiger partial charge in [0.25, 0.3) is 0 Å². The molecule has 0 fully saturated rings. The number of rotatable bonds is 8. The SMILES string of the molecule is CN(CC(=O)Nc1ccnn1Cc1ccc(C(F)(F)F)cc1)S(=O)(=O)/C=C/c1ccccc1. The van der Waals surface area contributed by atoms with Gasteiger partial charge in [-0.1, -0.05) is 42.5 Å². The van der Waals surface area contributed by atoms with Crippen molar-refractivity contribution in [1.29, 1.82) is 0 Å². The summed E-state index contributed by atoms with van der Waals surface area (Å²) >= 11 is 0. The summed E-state index contributed by atoms with van der Waals surface area (Å²) in [7, 11) is -2.55. The number of anilines is 1. The predicted octanol–water partition coefficient (Wildman–Crippen LogP) is 3.82. The third-order valence-corrected chi connectivity index (χ3v) is 6.11. The number of nitrogens with zero attached hydrogens (tertiary/aromatic N) is 3. The molecule has 1 N–H and O–H groups in total. The molecule has 0 atom stereocenters. The highest BCUT2D eigenvalue weighted by Crippen LogP contribution is 2.29. The summed E-state index contributed by atoms with van der Waals surface area (Å²) in [5, 5.41) is 7.66. The van der Waals surface area contributed by atoms with Gasteiger partial charge in [-0.25, -0.2) is 13.1 Å². The molecule has 0 aliphatic carbocycles. The molecular weight excluding hydrogens is 457 g/mol. The lowest BCUT2D eigenvalue weighted by atomic mass is 10.1. The summed E-state index contributed by atoms with van der Waals surface area (Å²) in [6.07, 6.45) is -1.57. The number of halogens is 3. The van der Waals surface area contributed by atoms with Gasteiger partial charge in [0, 0.05) is 18.5 Å². The standard InChI is InChI=1S/C22H21F3N4O3S/c1-28(33(31,32)14-12-17-5-3-2-4-6-17)16-21(30)27-20-11-13-26-29(20)15-18-7-9-19(10-8-18)22(23,24)25/h2-14H,15-16H2,1H3,(H,27,30)/b14-12+. The molecule has 0 spiro atoms. The Hall–Kier alpha value is -3.44. The van der Waals surface area contributed by atoms with E-state index in [2.05, 4.69) is 10.4 Å². The van der Waals surface area contributed by atoms with Crippen molar-refractivity contribution in [3.8, 4) is 0 Å². The van der Waals surface area contributed by atoms with E-state index in [4.69, 9.17) is 0 Å². The first kappa shape index (κ1) is 24.2. The number of likely N-dealkylation sites (N-methyl/N-ethyl adjacent to an activating group) is 1. The number of nitrogens with one attached hydrogen (secondary N) is 1. The number of carbonyl (C=O) groups is 1. The van der Waals surface area contributed by atoms with Gasteiger partial charge < -0.3 is 5.32 Å². The molecule has 2 aromatic carbocycles. The molecule has 1 amide bonds. The molecule has 0 radical (unpaired) electrons. The van der Waals surface area contributed by atoms with Crippen LogP contribution < -0.4 is 5.32 Å². The van der Waals surface area contributed by atoms with Crippen LogP contribution in [0.25, 0.3) is 6.08 Å². The molecule has 0 saturated heterocycles. The number of aromatic nitrogens is 2. The molecular formula is C22H21F3N4O3S. The van der Waals surface area contributed by atoms with Gasteiger partial charge in [0.05, 0.1) is 24.8 Å². The highest BCUT2D eigenvalue weighted by molar-refractivity contribution is 7.92. The topological polar surface area (TPSA) is 84.3 Å². The molecule has 0 aliphatic heterocycles. The van der Waals surface area contributed by atoms with Crippen LogP contribution >= 0.6 is 0 Å². The molecule has 11 heteroatoms. The maximum atomic E-state index is 12.7. The van der Waals surface area contributed by atoms with Crippen molar-refractivity contribution in [2.24, 2.45) is 0 Å². The van der Waals surface area contributed by atoms with Crippen molar-refractivity contribution in [2.75, 3.05) is 18.9 Å². The molecule has 1 heterocycles.